The molecule has 1 N–H and O–H groups in total. The average molecular weight is 263 g/mol. The lowest BCUT2D eigenvalue weighted by Crippen LogP contribution is -2.25. The van der Waals surface area contributed by atoms with Gasteiger partial charge >= 0.3 is 0 Å². The molecule has 5 heteroatoms. The van der Waals surface area contributed by atoms with Crippen LogP contribution in [0.5, 0.6) is 0 Å². The Morgan fingerprint density at radius 3 is 2.72 bits per heavy atom. The smallest absolute Gasteiger partial charge is 0.263 e. The highest BCUT2D eigenvalue weighted by molar-refractivity contribution is 7.13. The molecule has 96 valence electrons. The summed E-state index contributed by atoms with van der Waals surface area (Å²) in [5.41, 5.74) is 0.820. The van der Waals surface area contributed by atoms with Crippen LogP contribution in [0.4, 0.5) is 0 Å². The molecule has 0 atom stereocenters. The number of aryl methyl sites for hydroxylation is 3. The summed E-state index contributed by atoms with van der Waals surface area (Å²) in [6, 6.07) is 4.00. The third kappa shape index (κ3) is 3.20. The van der Waals surface area contributed by atoms with Crippen LogP contribution < -0.4 is 5.32 Å². The van der Waals surface area contributed by atoms with Gasteiger partial charge in [0.1, 0.15) is 4.88 Å². The van der Waals surface area contributed by atoms with Crippen LogP contribution in [0, 0.1) is 13.8 Å². The third-order valence-corrected chi connectivity index (χ3v) is 3.73. The van der Waals surface area contributed by atoms with Crippen LogP contribution in [0.25, 0.3) is 0 Å². The lowest BCUT2D eigenvalue weighted by Gasteiger charge is -2.05. The molecule has 2 aromatic heterocycles. The van der Waals surface area contributed by atoms with Crippen molar-refractivity contribution >= 4 is 17.2 Å². The van der Waals surface area contributed by atoms with E-state index in [0.29, 0.717) is 6.54 Å². The van der Waals surface area contributed by atoms with Gasteiger partial charge in [-0.3, -0.25) is 4.79 Å². The fraction of sp³-hybridized carbons (Fsp3) is 0.385. The van der Waals surface area contributed by atoms with Gasteiger partial charge in [-0.1, -0.05) is 0 Å². The summed E-state index contributed by atoms with van der Waals surface area (Å²) in [6.45, 7) is 5.40. The van der Waals surface area contributed by atoms with Gasteiger partial charge < -0.3 is 9.88 Å². The van der Waals surface area contributed by atoms with Crippen LogP contribution in [0.1, 0.15) is 26.8 Å². The topological polar surface area (TPSA) is 46.9 Å². The molecule has 0 unspecified atom stereocenters. The number of nitrogens with zero attached hydrogens (tertiary/aromatic N) is 2. The molecule has 0 bridgehead atoms. The first-order valence-electron chi connectivity index (χ1n) is 6.00. The molecular formula is C13H17N3OS. The van der Waals surface area contributed by atoms with E-state index in [1.165, 1.54) is 11.3 Å². The minimum absolute atomic E-state index is 0.00870. The van der Waals surface area contributed by atoms with E-state index in [1.54, 1.807) is 0 Å². The number of thiazole rings is 1. The highest BCUT2D eigenvalue weighted by Gasteiger charge is 2.12. The van der Waals surface area contributed by atoms with E-state index >= 15 is 0 Å². The molecule has 2 rings (SSSR count). The summed E-state index contributed by atoms with van der Waals surface area (Å²) in [5.74, 6) is -0.00870. The first kappa shape index (κ1) is 12.8. The minimum atomic E-state index is -0.00870. The van der Waals surface area contributed by atoms with Gasteiger partial charge in [0.2, 0.25) is 0 Å². The van der Waals surface area contributed by atoms with E-state index in [4.69, 9.17) is 0 Å². The van der Waals surface area contributed by atoms with Crippen molar-refractivity contribution in [2.24, 2.45) is 0 Å². The average Bonchev–Trinajstić information content (AvgIpc) is 2.94. The fourth-order valence-corrected chi connectivity index (χ4v) is 2.64. The van der Waals surface area contributed by atoms with Crippen LogP contribution in [-0.4, -0.2) is 22.0 Å². The van der Waals surface area contributed by atoms with Gasteiger partial charge in [0.05, 0.1) is 10.7 Å². The minimum Gasteiger partial charge on any atom is -0.354 e. The number of hydrogen-bond donors (Lipinski definition) is 1. The SMILES string of the molecule is Cc1nc(C)c(C(=O)NCCCn2cccc2)s1. The lowest BCUT2D eigenvalue weighted by atomic mass is 10.3. The van der Waals surface area contributed by atoms with Crippen molar-refractivity contribution in [2.75, 3.05) is 6.54 Å². The molecule has 1 amide bonds. The van der Waals surface area contributed by atoms with E-state index in [1.807, 2.05) is 38.4 Å². The maximum Gasteiger partial charge on any atom is 0.263 e. The van der Waals surface area contributed by atoms with E-state index in [0.717, 1.165) is 28.5 Å². The molecule has 18 heavy (non-hydrogen) atoms. The summed E-state index contributed by atoms with van der Waals surface area (Å²) in [7, 11) is 0. The van der Waals surface area contributed by atoms with Gasteiger partial charge in [-0.25, -0.2) is 4.98 Å². The Hall–Kier alpha value is -1.62. The Labute approximate surface area is 111 Å². The highest BCUT2D eigenvalue weighted by atomic mass is 32.1. The Morgan fingerprint density at radius 1 is 1.39 bits per heavy atom. The van der Waals surface area contributed by atoms with Crippen molar-refractivity contribution in [3.05, 3.63) is 40.1 Å². The molecule has 0 radical (unpaired) electrons. The number of nitrogens with one attached hydrogen (secondary N) is 1. The number of rotatable bonds is 5. The van der Waals surface area contributed by atoms with Gasteiger partial charge in [0.25, 0.3) is 5.91 Å². The standard InChI is InChI=1S/C13H17N3OS/c1-10-12(18-11(2)15-10)13(17)14-6-5-9-16-7-3-4-8-16/h3-4,7-8H,5-6,9H2,1-2H3,(H,14,17). The normalized spacial score (nSPS) is 10.6. The van der Waals surface area contributed by atoms with Gasteiger partial charge in [0, 0.05) is 25.5 Å². The summed E-state index contributed by atoms with van der Waals surface area (Å²) in [6.07, 6.45) is 4.98. The number of carbonyl (C=O) groups excluding carboxylic acids is 1. The van der Waals surface area contributed by atoms with Crippen molar-refractivity contribution in [3.8, 4) is 0 Å². The van der Waals surface area contributed by atoms with Crippen LogP contribution in [0.3, 0.4) is 0 Å². The number of hydrogen-bond acceptors (Lipinski definition) is 3. The fourth-order valence-electron chi connectivity index (χ4n) is 1.81. The number of amides is 1. The molecule has 0 aliphatic rings. The van der Waals surface area contributed by atoms with Crippen molar-refractivity contribution in [1.29, 1.82) is 0 Å². The summed E-state index contributed by atoms with van der Waals surface area (Å²) < 4.78 is 2.11. The van der Waals surface area contributed by atoms with Crippen molar-refractivity contribution in [3.63, 3.8) is 0 Å². The number of aromatic nitrogens is 2. The second kappa shape index (κ2) is 5.82. The Balaban J connectivity index is 1.77. The van der Waals surface area contributed by atoms with E-state index in [-0.39, 0.29) is 5.91 Å². The largest absolute Gasteiger partial charge is 0.354 e. The second-order valence-electron chi connectivity index (χ2n) is 4.18. The molecule has 2 aromatic rings. The van der Waals surface area contributed by atoms with Crippen molar-refractivity contribution in [2.45, 2.75) is 26.8 Å². The first-order chi connectivity index (χ1) is 8.66. The van der Waals surface area contributed by atoms with Crippen molar-refractivity contribution in [1.82, 2.24) is 14.9 Å². The zero-order valence-corrected chi connectivity index (χ0v) is 11.5. The predicted molar refractivity (Wildman–Crippen MR) is 73.0 cm³/mol. The Morgan fingerprint density at radius 2 is 2.11 bits per heavy atom. The highest BCUT2D eigenvalue weighted by Crippen LogP contribution is 2.16. The lowest BCUT2D eigenvalue weighted by molar-refractivity contribution is 0.0956. The molecule has 0 aliphatic carbocycles. The van der Waals surface area contributed by atoms with Crippen molar-refractivity contribution < 1.29 is 4.79 Å². The maximum atomic E-state index is 11.9. The first-order valence-corrected chi connectivity index (χ1v) is 6.81. The van der Waals surface area contributed by atoms with Crippen LogP contribution in [-0.2, 0) is 6.54 Å². The predicted octanol–water partition coefficient (Wildman–Crippen LogP) is 2.38. The number of carbonyl (C=O) groups is 1. The molecular weight excluding hydrogens is 246 g/mol. The van der Waals surface area contributed by atoms with Gasteiger partial charge in [-0.15, -0.1) is 11.3 Å². The molecule has 2 heterocycles. The Bertz CT molecular complexity index is 516. The molecule has 0 aromatic carbocycles. The molecule has 4 nitrogen and oxygen atoms in total. The van der Waals surface area contributed by atoms with E-state index in [2.05, 4.69) is 14.9 Å². The van der Waals surface area contributed by atoms with E-state index < -0.39 is 0 Å². The molecule has 0 saturated carbocycles. The third-order valence-electron chi connectivity index (χ3n) is 2.65. The summed E-state index contributed by atoms with van der Waals surface area (Å²) in [4.78, 5) is 16.9. The summed E-state index contributed by atoms with van der Waals surface area (Å²) >= 11 is 1.45. The molecule has 0 spiro atoms. The maximum absolute atomic E-state index is 11.9. The van der Waals surface area contributed by atoms with Gasteiger partial charge in [-0.05, 0) is 32.4 Å². The molecule has 0 aliphatic heterocycles. The zero-order valence-electron chi connectivity index (χ0n) is 10.6. The zero-order chi connectivity index (χ0) is 13.0. The Kier molecular flexibility index (Phi) is 4.15. The summed E-state index contributed by atoms with van der Waals surface area (Å²) in [5, 5.41) is 3.87. The van der Waals surface area contributed by atoms with Gasteiger partial charge in [0.15, 0.2) is 0 Å². The monoisotopic (exact) mass is 263 g/mol. The van der Waals surface area contributed by atoms with Gasteiger partial charge in [-0.2, -0.15) is 0 Å². The van der Waals surface area contributed by atoms with E-state index in [9.17, 15) is 4.79 Å². The van der Waals surface area contributed by atoms with Crippen LogP contribution in [0.15, 0.2) is 24.5 Å². The van der Waals surface area contributed by atoms with Crippen LogP contribution in [0.2, 0.25) is 0 Å². The molecule has 0 fully saturated rings. The molecule has 0 saturated heterocycles. The second-order valence-corrected chi connectivity index (χ2v) is 5.38. The van der Waals surface area contributed by atoms with Crippen LogP contribution >= 0.6 is 11.3 Å². The quantitative estimate of drug-likeness (QED) is 0.842.